The molecule has 4 heteroatoms. The molecular weight excluding hydrogens is 255 g/mol. The smallest absolute Gasteiger partial charge is 0.225 e. The van der Waals surface area contributed by atoms with Crippen LogP contribution in [0.4, 0.5) is 4.39 Å². The van der Waals surface area contributed by atoms with Crippen molar-refractivity contribution in [3.63, 3.8) is 0 Å². The molecule has 3 nitrogen and oxygen atoms in total. The zero-order valence-electron chi connectivity index (χ0n) is 12.0. The second-order valence-electron chi connectivity index (χ2n) is 5.66. The average molecular weight is 278 g/mol. The molecule has 2 N–H and O–H groups in total. The van der Waals surface area contributed by atoms with Crippen LogP contribution in [0.1, 0.15) is 38.2 Å². The molecule has 0 bridgehead atoms. The van der Waals surface area contributed by atoms with Crippen molar-refractivity contribution < 1.29 is 9.18 Å². The second-order valence-corrected chi connectivity index (χ2v) is 5.66. The fourth-order valence-corrected chi connectivity index (χ4v) is 2.44. The molecule has 1 aliphatic rings. The van der Waals surface area contributed by atoms with Crippen molar-refractivity contribution >= 4 is 5.91 Å². The number of hydrogen-bond donors (Lipinski definition) is 1. The number of rotatable bonds is 7. The number of nitrogens with two attached hydrogens (primary N) is 1. The van der Waals surface area contributed by atoms with Gasteiger partial charge in [-0.05, 0) is 49.9 Å². The van der Waals surface area contributed by atoms with Crippen molar-refractivity contribution in [1.29, 1.82) is 0 Å². The van der Waals surface area contributed by atoms with Crippen LogP contribution in [0.25, 0.3) is 0 Å². The largest absolute Gasteiger partial charge is 0.335 e. The van der Waals surface area contributed by atoms with Gasteiger partial charge < -0.3 is 10.6 Å². The Morgan fingerprint density at radius 2 is 2.25 bits per heavy atom. The van der Waals surface area contributed by atoms with Gasteiger partial charge in [0.25, 0.3) is 0 Å². The van der Waals surface area contributed by atoms with Crippen LogP contribution in [-0.4, -0.2) is 23.4 Å². The van der Waals surface area contributed by atoms with Gasteiger partial charge >= 0.3 is 0 Å². The summed E-state index contributed by atoms with van der Waals surface area (Å²) in [5, 5.41) is 0. The fraction of sp³-hybridized carbons (Fsp3) is 0.562. The van der Waals surface area contributed by atoms with Gasteiger partial charge in [-0.25, -0.2) is 4.39 Å². The Bertz CT molecular complexity index is 460. The number of carbonyl (C=O) groups excluding carboxylic acids is 1. The number of nitrogens with zero attached hydrogens (tertiary/aromatic N) is 1. The summed E-state index contributed by atoms with van der Waals surface area (Å²) >= 11 is 0. The lowest BCUT2D eigenvalue weighted by atomic mass is 10.0. The first-order valence-electron chi connectivity index (χ1n) is 7.37. The molecule has 0 aromatic heterocycles. The van der Waals surface area contributed by atoms with Gasteiger partial charge in [0.15, 0.2) is 0 Å². The minimum absolute atomic E-state index is 0.00675. The molecule has 20 heavy (non-hydrogen) atoms. The first-order chi connectivity index (χ1) is 9.61. The first-order valence-corrected chi connectivity index (χ1v) is 7.37. The highest BCUT2D eigenvalue weighted by molar-refractivity contribution is 5.79. The van der Waals surface area contributed by atoms with Crippen molar-refractivity contribution in [3.05, 3.63) is 35.6 Å². The summed E-state index contributed by atoms with van der Waals surface area (Å²) in [5.74, 6) is -0.0835. The highest BCUT2D eigenvalue weighted by Gasteiger charge is 2.34. The van der Waals surface area contributed by atoms with E-state index in [4.69, 9.17) is 5.73 Å². The fourth-order valence-electron chi connectivity index (χ4n) is 2.44. The molecule has 0 heterocycles. The lowest BCUT2D eigenvalue weighted by Crippen LogP contribution is -2.36. The van der Waals surface area contributed by atoms with E-state index in [-0.39, 0.29) is 17.6 Å². The Balaban J connectivity index is 2.01. The van der Waals surface area contributed by atoms with E-state index in [1.54, 1.807) is 6.07 Å². The van der Waals surface area contributed by atoms with Gasteiger partial charge in [0.05, 0.1) is 0 Å². The van der Waals surface area contributed by atoms with Crippen LogP contribution in [0, 0.1) is 11.7 Å². The molecular formula is C16H23FN2O. The first kappa shape index (κ1) is 15.0. The summed E-state index contributed by atoms with van der Waals surface area (Å²) in [6.45, 7) is 3.08. The predicted molar refractivity (Wildman–Crippen MR) is 77.4 cm³/mol. The maximum atomic E-state index is 13.2. The predicted octanol–water partition coefficient (Wildman–Crippen LogP) is 2.69. The summed E-state index contributed by atoms with van der Waals surface area (Å²) in [5.41, 5.74) is 6.36. The summed E-state index contributed by atoms with van der Waals surface area (Å²) < 4.78 is 13.2. The van der Waals surface area contributed by atoms with E-state index in [1.807, 2.05) is 17.9 Å². The topological polar surface area (TPSA) is 46.3 Å². The van der Waals surface area contributed by atoms with Crippen molar-refractivity contribution in [3.8, 4) is 0 Å². The number of benzene rings is 1. The van der Waals surface area contributed by atoms with Gasteiger partial charge in [0.2, 0.25) is 5.91 Å². The maximum absolute atomic E-state index is 13.2. The standard InChI is InChI=1S/C16H23FN2O/c1-12(4-3-9-18)16(20)19(15-7-8-15)11-13-5-2-6-14(17)10-13/h2,5-6,10,12,15H,3-4,7-9,11,18H2,1H3. The Labute approximate surface area is 120 Å². The Hall–Kier alpha value is -1.42. The summed E-state index contributed by atoms with van der Waals surface area (Å²) in [4.78, 5) is 14.4. The minimum Gasteiger partial charge on any atom is -0.335 e. The van der Waals surface area contributed by atoms with Crippen LogP contribution in [0.5, 0.6) is 0 Å². The maximum Gasteiger partial charge on any atom is 0.225 e. The average Bonchev–Trinajstić information content (AvgIpc) is 3.26. The van der Waals surface area contributed by atoms with E-state index in [0.717, 1.165) is 31.2 Å². The van der Waals surface area contributed by atoms with Crippen molar-refractivity contribution in [2.24, 2.45) is 11.7 Å². The molecule has 1 atom stereocenters. The van der Waals surface area contributed by atoms with Crippen molar-refractivity contribution in [1.82, 2.24) is 4.90 Å². The minimum atomic E-state index is -0.248. The van der Waals surface area contributed by atoms with E-state index < -0.39 is 0 Å². The van der Waals surface area contributed by atoms with Gasteiger partial charge in [0, 0.05) is 18.5 Å². The quantitative estimate of drug-likeness (QED) is 0.833. The van der Waals surface area contributed by atoms with E-state index in [0.29, 0.717) is 19.1 Å². The lowest BCUT2D eigenvalue weighted by molar-refractivity contribution is -0.136. The SMILES string of the molecule is CC(CCCN)C(=O)N(Cc1cccc(F)c1)C1CC1. The molecule has 1 aromatic carbocycles. The third-order valence-electron chi connectivity index (χ3n) is 3.78. The van der Waals surface area contributed by atoms with E-state index in [1.165, 1.54) is 12.1 Å². The van der Waals surface area contributed by atoms with Gasteiger partial charge in [-0.15, -0.1) is 0 Å². The van der Waals surface area contributed by atoms with E-state index in [2.05, 4.69) is 0 Å². The number of halogens is 1. The van der Waals surface area contributed by atoms with Gasteiger partial charge in [-0.2, -0.15) is 0 Å². The summed E-state index contributed by atoms with van der Waals surface area (Å²) in [6, 6.07) is 6.84. The number of carbonyl (C=O) groups is 1. The van der Waals surface area contributed by atoms with Crippen molar-refractivity contribution in [2.75, 3.05) is 6.54 Å². The van der Waals surface area contributed by atoms with Gasteiger partial charge in [-0.3, -0.25) is 4.79 Å². The van der Waals surface area contributed by atoms with Crippen LogP contribution in [0.2, 0.25) is 0 Å². The van der Waals surface area contributed by atoms with Gasteiger partial charge in [-0.1, -0.05) is 19.1 Å². The molecule has 0 radical (unpaired) electrons. The molecule has 0 saturated heterocycles. The normalized spacial score (nSPS) is 15.9. The Kier molecular flexibility index (Phi) is 5.12. The molecule has 1 aromatic rings. The molecule has 110 valence electrons. The molecule has 1 fully saturated rings. The molecule has 1 amide bonds. The Morgan fingerprint density at radius 3 is 2.85 bits per heavy atom. The second kappa shape index (κ2) is 6.84. The van der Waals surface area contributed by atoms with Crippen molar-refractivity contribution in [2.45, 2.75) is 45.2 Å². The highest BCUT2D eigenvalue weighted by atomic mass is 19.1. The number of amides is 1. The summed E-state index contributed by atoms with van der Waals surface area (Å²) in [7, 11) is 0. The monoisotopic (exact) mass is 278 g/mol. The molecule has 2 rings (SSSR count). The molecule has 1 aliphatic carbocycles. The van der Waals surface area contributed by atoms with Gasteiger partial charge in [0.1, 0.15) is 5.82 Å². The highest BCUT2D eigenvalue weighted by Crippen LogP contribution is 2.30. The molecule has 0 spiro atoms. The Morgan fingerprint density at radius 1 is 1.50 bits per heavy atom. The van der Waals surface area contributed by atoms with Crippen LogP contribution in [-0.2, 0) is 11.3 Å². The zero-order chi connectivity index (χ0) is 14.5. The number of hydrogen-bond acceptors (Lipinski definition) is 2. The summed E-state index contributed by atoms with van der Waals surface area (Å²) in [6.07, 6.45) is 3.81. The van der Waals surface area contributed by atoms with Crippen LogP contribution in [0.15, 0.2) is 24.3 Å². The molecule has 0 aliphatic heterocycles. The lowest BCUT2D eigenvalue weighted by Gasteiger charge is -2.26. The van der Waals surface area contributed by atoms with Crippen LogP contribution in [0.3, 0.4) is 0 Å². The van der Waals surface area contributed by atoms with Crippen LogP contribution >= 0.6 is 0 Å². The molecule has 1 unspecified atom stereocenters. The zero-order valence-corrected chi connectivity index (χ0v) is 12.0. The molecule has 1 saturated carbocycles. The van der Waals surface area contributed by atoms with Crippen LogP contribution < -0.4 is 5.73 Å². The van der Waals surface area contributed by atoms with E-state index in [9.17, 15) is 9.18 Å². The third kappa shape index (κ3) is 4.04. The van der Waals surface area contributed by atoms with E-state index >= 15 is 0 Å². The third-order valence-corrected chi connectivity index (χ3v) is 3.78.